The number of aryl methyl sites for hydroxylation is 1. The van der Waals surface area contributed by atoms with E-state index in [2.05, 4.69) is 54.1 Å². The fraction of sp³-hybridized carbons (Fsp3) is 0.435. The van der Waals surface area contributed by atoms with E-state index in [4.69, 9.17) is 21.4 Å². The largest absolute Gasteiger partial charge is 0.466 e. The van der Waals surface area contributed by atoms with Crippen molar-refractivity contribution in [2.75, 3.05) is 19.6 Å². The van der Waals surface area contributed by atoms with E-state index >= 15 is 0 Å². The molecule has 0 aromatic heterocycles. The maximum absolute atomic E-state index is 6.70. The maximum Gasteiger partial charge on any atom is 0.200 e. The SMILES string of the molecule is CCN1CCC2(CC1)Oc1ccc(C)cc1[C@@H]1CC(c3ccc(Cl)cc3)=NN12. The summed E-state index contributed by atoms with van der Waals surface area (Å²) < 4.78 is 6.70. The number of ether oxygens (including phenoxy) is 1. The van der Waals surface area contributed by atoms with Crippen LogP contribution in [-0.2, 0) is 0 Å². The lowest BCUT2D eigenvalue weighted by Crippen LogP contribution is -2.59. The molecule has 1 atom stereocenters. The van der Waals surface area contributed by atoms with Crippen LogP contribution >= 0.6 is 11.6 Å². The van der Waals surface area contributed by atoms with Crippen LogP contribution in [0.25, 0.3) is 0 Å². The molecule has 2 aromatic rings. The van der Waals surface area contributed by atoms with E-state index in [1.807, 2.05) is 12.1 Å². The first-order chi connectivity index (χ1) is 13.6. The number of rotatable bonds is 2. The van der Waals surface area contributed by atoms with Gasteiger partial charge in [0, 0.05) is 42.9 Å². The van der Waals surface area contributed by atoms with Crippen LogP contribution in [-0.4, -0.2) is 41.0 Å². The molecule has 5 rings (SSSR count). The van der Waals surface area contributed by atoms with Crippen LogP contribution in [0.1, 0.15) is 48.9 Å². The number of halogens is 1. The Balaban J connectivity index is 1.56. The van der Waals surface area contributed by atoms with Gasteiger partial charge in [-0.25, -0.2) is 5.01 Å². The van der Waals surface area contributed by atoms with Crippen LogP contribution in [0.5, 0.6) is 5.75 Å². The Bertz CT molecular complexity index is 916. The smallest absolute Gasteiger partial charge is 0.200 e. The molecular formula is C23H26ClN3O. The second kappa shape index (κ2) is 6.78. The molecule has 28 heavy (non-hydrogen) atoms. The van der Waals surface area contributed by atoms with Crippen molar-refractivity contribution in [3.8, 4) is 5.75 Å². The second-order valence-electron chi connectivity index (χ2n) is 8.14. The molecule has 5 heteroatoms. The molecule has 0 aliphatic carbocycles. The molecule has 0 amide bonds. The van der Waals surface area contributed by atoms with Crippen molar-refractivity contribution in [3.63, 3.8) is 0 Å². The summed E-state index contributed by atoms with van der Waals surface area (Å²) in [6, 6.07) is 14.8. The minimum Gasteiger partial charge on any atom is -0.466 e. The Kier molecular flexibility index (Phi) is 4.37. The maximum atomic E-state index is 6.70. The monoisotopic (exact) mass is 395 g/mol. The molecule has 1 fully saturated rings. The van der Waals surface area contributed by atoms with Gasteiger partial charge in [0.1, 0.15) is 5.75 Å². The third-order valence-electron chi connectivity index (χ3n) is 6.41. The minimum absolute atomic E-state index is 0.238. The van der Waals surface area contributed by atoms with Crippen molar-refractivity contribution in [1.29, 1.82) is 0 Å². The molecule has 1 saturated heterocycles. The van der Waals surface area contributed by atoms with Crippen LogP contribution in [0.15, 0.2) is 47.6 Å². The Labute approximate surface area is 171 Å². The van der Waals surface area contributed by atoms with Crippen LogP contribution in [0.3, 0.4) is 0 Å². The molecule has 0 saturated carbocycles. The Hall–Kier alpha value is -2.04. The summed E-state index contributed by atoms with van der Waals surface area (Å²) in [5.74, 6) is 1.03. The van der Waals surface area contributed by atoms with E-state index in [0.29, 0.717) is 0 Å². The molecule has 0 radical (unpaired) electrons. The third kappa shape index (κ3) is 2.90. The molecule has 0 N–H and O–H groups in total. The van der Waals surface area contributed by atoms with Gasteiger partial charge in [0.2, 0.25) is 5.72 Å². The van der Waals surface area contributed by atoms with Crippen molar-refractivity contribution < 1.29 is 4.74 Å². The van der Waals surface area contributed by atoms with E-state index in [0.717, 1.165) is 60.9 Å². The number of nitrogens with zero attached hydrogens (tertiary/aromatic N) is 3. The van der Waals surface area contributed by atoms with E-state index in [1.165, 1.54) is 11.1 Å². The molecule has 146 valence electrons. The van der Waals surface area contributed by atoms with Gasteiger partial charge in [0.15, 0.2) is 0 Å². The molecule has 0 unspecified atom stereocenters. The van der Waals surface area contributed by atoms with Gasteiger partial charge >= 0.3 is 0 Å². The van der Waals surface area contributed by atoms with Crippen molar-refractivity contribution >= 4 is 17.3 Å². The predicted molar refractivity (Wildman–Crippen MR) is 113 cm³/mol. The number of fused-ring (bicyclic) bond motifs is 4. The fourth-order valence-corrected chi connectivity index (χ4v) is 4.89. The van der Waals surface area contributed by atoms with Gasteiger partial charge in [-0.15, -0.1) is 0 Å². The minimum atomic E-state index is -0.341. The first kappa shape index (κ1) is 18.0. The number of hydrogen-bond donors (Lipinski definition) is 0. The number of hydrogen-bond acceptors (Lipinski definition) is 4. The Morgan fingerprint density at radius 1 is 1.14 bits per heavy atom. The van der Waals surface area contributed by atoms with Crippen LogP contribution in [0.2, 0.25) is 5.02 Å². The van der Waals surface area contributed by atoms with Crippen molar-refractivity contribution in [1.82, 2.24) is 9.91 Å². The Morgan fingerprint density at radius 2 is 1.89 bits per heavy atom. The van der Waals surface area contributed by atoms with E-state index in [9.17, 15) is 0 Å². The van der Waals surface area contributed by atoms with E-state index < -0.39 is 0 Å². The first-order valence-corrected chi connectivity index (χ1v) is 10.6. The highest BCUT2D eigenvalue weighted by Gasteiger charge is 2.51. The highest BCUT2D eigenvalue weighted by Crippen LogP contribution is 2.50. The highest BCUT2D eigenvalue weighted by molar-refractivity contribution is 6.30. The predicted octanol–water partition coefficient (Wildman–Crippen LogP) is 5.00. The van der Waals surface area contributed by atoms with E-state index in [1.54, 1.807) is 0 Å². The van der Waals surface area contributed by atoms with Crippen molar-refractivity contribution in [2.45, 2.75) is 44.9 Å². The zero-order valence-corrected chi connectivity index (χ0v) is 17.2. The van der Waals surface area contributed by atoms with Crippen molar-refractivity contribution in [3.05, 3.63) is 64.2 Å². The lowest BCUT2D eigenvalue weighted by molar-refractivity contribution is -0.149. The molecule has 3 heterocycles. The van der Waals surface area contributed by atoms with Gasteiger partial charge in [-0.3, -0.25) is 0 Å². The summed E-state index contributed by atoms with van der Waals surface area (Å²) >= 11 is 6.09. The molecular weight excluding hydrogens is 370 g/mol. The summed E-state index contributed by atoms with van der Waals surface area (Å²) in [7, 11) is 0. The summed E-state index contributed by atoms with van der Waals surface area (Å²) in [6.45, 7) is 7.56. The highest BCUT2D eigenvalue weighted by atomic mass is 35.5. The lowest BCUT2D eigenvalue weighted by atomic mass is 9.90. The zero-order valence-electron chi connectivity index (χ0n) is 16.5. The molecule has 1 spiro atoms. The van der Waals surface area contributed by atoms with Gasteiger partial charge < -0.3 is 9.64 Å². The van der Waals surface area contributed by atoms with Gasteiger partial charge in [-0.05, 0) is 37.2 Å². The average molecular weight is 396 g/mol. The standard InChI is InChI=1S/C23H26ClN3O/c1-3-26-12-10-23(11-13-26)27-21(19-14-16(2)4-9-22(19)28-23)15-20(25-27)17-5-7-18(24)8-6-17/h4-9,14,21H,3,10-13,15H2,1-2H3/t21-/m0/s1. The van der Waals surface area contributed by atoms with Crippen molar-refractivity contribution in [2.24, 2.45) is 5.10 Å². The normalized spacial score (nSPS) is 23.2. The topological polar surface area (TPSA) is 28.1 Å². The summed E-state index contributed by atoms with van der Waals surface area (Å²) in [5, 5.41) is 8.17. The summed E-state index contributed by atoms with van der Waals surface area (Å²) in [4.78, 5) is 2.49. The first-order valence-electron chi connectivity index (χ1n) is 10.2. The molecule has 4 nitrogen and oxygen atoms in total. The lowest BCUT2D eigenvalue weighted by Gasteiger charge is -2.51. The Morgan fingerprint density at radius 3 is 2.61 bits per heavy atom. The van der Waals surface area contributed by atoms with Gasteiger partial charge in [0.05, 0.1) is 11.8 Å². The van der Waals surface area contributed by atoms with Crippen LogP contribution < -0.4 is 4.74 Å². The summed E-state index contributed by atoms with van der Waals surface area (Å²) in [6.07, 6.45) is 2.85. The third-order valence-corrected chi connectivity index (χ3v) is 6.67. The van der Waals surface area contributed by atoms with Gasteiger partial charge in [0.25, 0.3) is 0 Å². The molecule has 0 bridgehead atoms. The number of benzene rings is 2. The summed E-state index contributed by atoms with van der Waals surface area (Å²) in [5.41, 5.74) is 4.45. The second-order valence-corrected chi connectivity index (χ2v) is 8.58. The molecule has 3 aliphatic rings. The van der Waals surface area contributed by atoms with Gasteiger partial charge in [-0.2, -0.15) is 5.10 Å². The average Bonchev–Trinajstić information content (AvgIpc) is 3.17. The van der Waals surface area contributed by atoms with E-state index in [-0.39, 0.29) is 11.8 Å². The van der Waals surface area contributed by atoms with Gasteiger partial charge in [-0.1, -0.05) is 48.4 Å². The van der Waals surface area contributed by atoms with Crippen LogP contribution in [0.4, 0.5) is 0 Å². The number of piperidine rings is 1. The number of likely N-dealkylation sites (tertiary alicyclic amines) is 1. The molecule has 2 aromatic carbocycles. The zero-order chi connectivity index (χ0) is 19.3. The number of hydrazone groups is 1. The fourth-order valence-electron chi connectivity index (χ4n) is 4.77. The van der Waals surface area contributed by atoms with Crippen LogP contribution in [0, 0.1) is 6.92 Å². The molecule has 3 aliphatic heterocycles. The quantitative estimate of drug-likeness (QED) is 0.715.